The molecule has 7 heteroatoms. The lowest BCUT2D eigenvalue weighted by Gasteiger charge is -2.28. The molecule has 0 saturated heterocycles. The number of amides is 2. The highest BCUT2D eigenvalue weighted by atomic mass is 19.1. The number of halogens is 1. The first-order valence-corrected chi connectivity index (χ1v) is 8.42. The zero-order valence-electron chi connectivity index (χ0n) is 15.3. The van der Waals surface area contributed by atoms with Gasteiger partial charge in [0, 0.05) is 5.56 Å². The zero-order chi connectivity index (χ0) is 19.6. The molecular formula is C20H20FN3O3. The molecule has 0 saturated carbocycles. The molecule has 0 aliphatic carbocycles. The van der Waals surface area contributed by atoms with Crippen LogP contribution in [0.15, 0.2) is 53.5 Å². The summed E-state index contributed by atoms with van der Waals surface area (Å²) >= 11 is 0. The van der Waals surface area contributed by atoms with Crippen LogP contribution < -0.4 is 10.1 Å². The minimum atomic E-state index is -0.890. The lowest BCUT2D eigenvalue weighted by atomic mass is 10.1. The second-order valence-electron chi connectivity index (χ2n) is 6.60. The van der Waals surface area contributed by atoms with Crippen LogP contribution in [-0.2, 0) is 9.59 Å². The van der Waals surface area contributed by atoms with Crippen LogP contribution in [0.3, 0.4) is 0 Å². The van der Waals surface area contributed by atoms with Crippen molar-refractivity contribution in [2.45, 2.75) is 19.5 Å². The molecule has 3 rings (SSSR count). The minimum Gasteiger partial charge on any atom is -0.495 e. The number of rotatable bonds is 5. The van der Waals surface area contributed by atoms with Crippen LogP contribution in [0.5, 0.6) is 5.75 Å². The van der Waals surface area contributed by atoms with Crippen molar-refractivity contribution in [3.05, 3.63) is 59.9 Å². The number of aliphatic imine (C=N–C) groups is 1. The van der Waals surface area contributed by atoms with E-state index in [4.69, 9.17) is 4.74 Å². The third-order valence-corrected chi connectivity index (χ3v) is 4.29. The fraction of sp³-hybridized carbons (Fsp3) is 0.250. The quantitative estimate of drug-likeness (QED) is 0.881. The first-order chi connectivity index (χ1) is 12.8. The van der Waals surface area contributed by atoms with Gasteiger partial charge in [0.2, 0.25) is 5.91 Å². The zero-order valence-corrected chi connectivity index (χ0v) is 15.3. The Balaban J connectivity index is 1.76. The largest absolute Gasteiger partial charge is 0.495 e. The van der Waals surface area contributed by atoms with Crippen LogP contribution >= 0.6 is 0 Å². The average molecular weight is 369 g/mol. The number of methoxy groups -OCH3 is 1. The van der Waals surface area contributed by atoms with Crippen LogP contribution in [0.25, 0.3) is 0 Å². The van der Waals surface area contributed by atoms with Gasteiger partial charge in [-0.2, -0.15) is 0 Å². The van der Waals surface area contributed by atoms with Crippen molar-refractivity contribution in [2.75, 3.05) is 19.0 Å². The Kier molecular flexibility index (Phi) is 4.94. The van der Waals surface area contributed by atoms with Crippen LogP contribution in [0, 0.1) is 5.82 Å². The molecule has 0 radical (unpaired) electrons. The molecule has 1 N–H and O–H groups in total. The first kappa shape index (κ1) is 18.6. The van der Waals surface area contributed by atoms with Gasteiger partial charge in [0.15, 0.2) is 0 Å². The Morgan fingerprint density at radius 3 is 2.52 bits per heavy atom. The summed E-state index contributed by atoms with van der Waals surface area (Å²) in [5.41, 5.74) is 0.361. The van der Waals surface area contributed by atoms with E-state index >= 15 is 0 Å². The number of hydrogen-bond donors (Lipinski definition) is 1. The maximum Gasteiger partial charge on any atom is 0.275 e. The molecule has 6 nitrogen and oxygen atoms in total. The topological polar surface area (TPSA) is 71.0 Å². The van der Waals surface area contributed by atoms with Crippen LogP contribution in [0.4, 0.5) is 10.1 Å². The molecule has 1 aliphatic heterocycles. The van der Waals surface area contributed by atoms with Crippen LogP contribution in [-0.4, -0.2) is 41.7 Å². The fourth-order valence-corrected chi connectivity index (χ4v) is 2.90. The van der Waals surface area contributed by atoms with Crippen molar-refractivity contribution in [1.82, 2.24) is 4.90 Å². The number of nitrogens with one attached hydrogen (secondary N) is 1. The normalized spacial score (nSPS) is 15.5. The lowest BCUT2D eigenvalue weighted by Crippen LogP contribution is -2.46. The summed E-state index contributed by atoms with van der Waals surface area (Å²) < 4.78 is 18.4. The first-order valence-electron chi connectivity index (χ1n) is 8.42. The second-order valence-corrected chi connectivity index (χ2v) is 6.60. The standard InChI is InChI=1S/C20H20FN3O3/c1-20(2)23-18(13-8-10-14(21)11-9-13)19(26)24(20)12-17(25)22-15-6-4-5-7-16(15)27-3/h4-11H,12H2,1-3H3,(H,22,25). The van der Waals surface area contributed by atoms with E-state index in [-0.39, 0.29) is 24.1 Å². The Morgan fingerprint density at radius 1 is 1.19 bits per heavy atom. The monoisotopic (exact) mass is 369 g/mol. The molecule has 27 heavy (non-hydrogen) atoms. The fourth-order valence-electron chi connectivity index (χ4n) is 2.90. The Morgan fingerprint density at radius 2 is 1.85 bits per heavy atom. The van der Waals surface area contributed by atoms with E-state index < -0.39 is 11.5 Å². The maximum absolute atomic E-state index is 13.1. The van der Waals surface area contributed by atoms with Crippen molar-refractivity contribution >= 4 is 23.2 Å². The van der Waals surface area contributed by atoms with E-state index in [2.05, 4.69) is 10.3 Å². The van der Waals surface area contributed by atoms with Gasteiger partial charge in [0.1, 0.15) is 29.5 Å². The van der Waals surface area contributed by atoms with Crippen molar-refractivity contribution in [2.24, 2.45) is 4.99 Å². The van der Waals surface area contributed by atoms with Crippen molar-refractivity contribution < 1.29 is 18.7 Å². The summed E-state index contributed by atoms with van der Waals surface area (Å²) in [5, 5.41) is 2.75. The molecule has 140 valence electrons. The van der Waals surface area contributed by atoms with Gasteiger partial charge in [0.05, 0.1) is 12.8 Å². The average Bonchev–Trinajstić information content (AvgIpc) is 2.86. The summed E-state index contributed by atoms with van der Waals surface area (Å²) in [6, 6.07) is 12.6. The van der Waals surface area contributed by atoms with E-state index in [1.54, 1.807) is 38.1 Å². The molecule has 1 aliphatic rings. The summed E-state index contributed by atoms with van der Waals surface area (Å²) in [4.78, 5) is 31.1. The summed E-state index contributed by atoms with van der Waals surface area (Å²) in [7, 11) is 1.51. The van der Waals surface area contributed by atoms with E-state index in [9.17, 15) is 14.0 Å². The predicted octanol–water partition coefficient (Wildman–Crippen LogP) is 2.84. The number of para-hydroxylation sites is 2. The van der Waals surface area contributed by atoms with Gasteiger partial charge < -0.3 is 15.0 Å². The van der Waals surface area contributed by atoms with Gasteiger partial charge in [-0.25, -0.2) is 4.39 Å². The van der Waals surface area contributed by atoms with Gasteiger partial charge in [0.25, 0.3) is 5.91 Å². The number of carbonyl (C=O) groups excluding carboxylic acids is 2. The van der Waals surface area contributed by atoms with E-state index in [1.165, 1.54) is 36.3 Å². The summed E-state index contributed by atoms with van der Waals surface area (Å²) in [5.74, 6) is -0.600. The second kappa shape index (κ2) is 7.19. The highest BCUT2D eigenvalue weighted by Gasteiger charge is 2.41. The SMILES string of the molecule is COc1ccccc1NC(=O)CN1C(=O)C(c2ccc(F)cc2)=NC1(C)C. The number of ether oxygens (including phenoxy) is 1. The third-order valence-electron chi connectivity index (χ3n) is 4.29. The molecule has 0 aromatic heterocycles. The maximum atomic E-state index is 13.1. The highest BCUT2D eigenvalue weighted by molar-refractivity contribution is 6.47. The number of carbonyl (C=O) groups is 2. The highest BCUT2D eigenvalue weighted by Crippen LogP contribution is 2.27. The van der Waals surface area contributed by atoms with Gasteiger partial charge in [-0.15, -0.1) is 0 Å². The summed E-state index contributed by atoms with van der Waals surface area (Å²) in [6.07, 6.45) is 0. The van der Waals surface area contributed by atoms with E-state index in [0.29, 0.717) is 17.0 Å². The Hall–Kier alpha value is -3.22. The van der Waals surface area contributed by atoms with Crippen molar-refractivity contribution in [1.29, 1.82) is 0 Å². The van der Waals surface area contributed by atoms with Gasteiger partial charge in [-0.1, -0.05) is 12.1 Å². The molecular weight excluding hydrogens is 349 g/mol. The Labute approximate surface area is 156 Å². The molecule has 0 atom stereocenters. The molecule has 0 spiro atoms. The molecule has 2 amide bonds. The number of anilines is 1. The van der Waals surface area contributed by atoms with Gasteiger partial charge >= 0.3 is 0 Å². The molecule has 0 bridgehead atoms. The van der Waals surface area contributed by atoms with Gasteiger partial charge in [-0.3, -0.25) is 14.6 Å². The van der Waals surface area contributed by atoms with Crippen molar-refractivity contribution in [3.63, 3.8) is 0 Å². The molecule has 2 aromatic rings. The molecule has 1 heterocycles. The van der Waals surface area contributed by atoms with E-state index in [0.717, 1.165) is 0 Å². The third kappa shape index (κ3) is 3.81. The minimum absolute atomic E-state index is 0.169. The Bertz CT molecular complexity index is 907. The smallest absolute Gasteiger partial charge is 0.275 e. The van der Waals surface area contributed by atoms with Crippen LogP contribution in [0.1, 0.15) is 19.4 Å². The molecule has 0 fully saturated rings. The lowest BCUT2D eigenvalue weighted by molar-refractivity contribution is -0.131. The number of hydrogen-bond acceptors (Lipinski definition) is 4. The number of benzene rings is 2. The van der Waals surface area contributed by atoms with Crippen LogP contribution in [0.2, 0.25) is 0 Å². The van der Waals surface area contributed by atoms with Crippen molar-refractivity contribution in [3.8, 4) is 5.75 Å². The summed E-state index contributed by atoms with van der Waals surface area (Å²) in [6.45, 7) is 3.33. The van der Waals surface area contributed by atoms with E-state index in [1.807, 2.05) is 0 Å². The molecule has 2 aromatic carbocycles. The number of nitrogens with zero attached hydrogens (tertiary/aromatic N) is 2. The molecule has 0 unspecified atom stereocenters. The van der Waals surface area contributed by atoms with Gasteiger partial charge in [-0.05, 0) is 50.2 Å². The predicted molar refractivity (Wildman–Crippen MR) is 100 cm³/mol.